The third-order valence-corrected chi connectivity index (χ3v) is 3.99. The number of Topliss-reactive ketones (excluding diaryl/α,β-unsaturated/α-hetero) is 1. The lowest BCUT2D eigenvalue weighted by Crippen LogP contribution is -2.23. The van der Waals surface area contributed by atoms with Gasteiger partial charge >= 0.3 is 0 Å². The predicted octanol–water partition coefficient (Wildman–Crippen LogP) is 3.92. The minimum Gasteiger partial charge on any atom is -0.461 e. The van der Waals surface area contributed by atoms with Gasteiger partial charge in [-0.25, -0.2) is 0 Å². The van der Waals surface area contributed by atoms with Crippen LogP contribution in [0.15, 0.2) is 53.1 Å². The Bertz CT molecular complexity index is 553. The number of likely N-dealkylation sites (tertiary alicyclic amines) is 1. The number of carbonyl (C=O) groups is 1. The molecule has 3 rings (SSSR count). The van der Waals surface area contributed by atoms with Crippen LogP contribution in [0.25, 0.3) is 0 Å². The van der Waals surface area contributed by atoms with Crippen molar-refractivity contribution < 1.29 is 9.21 Å². The summed E-state index contributed by atoms with van der Waals surface area (Å²) in [6, 6.07) is 14.1. The Kier molecular flexibility index (Phi) is 5.76. The molecule has 1 saturated heterocycles. The van der Waals surface area contributed by atoms with Gasteiger partial charge in [-0.15, -0.1) is 17.0 Å². The van der Waals surface area contributed by atoms with Crippen molar-refractivity contribution in [2.45, 2.75) is 18.8 Å². The molecule has 1 aliphatic rings. The molecular weight excluding hydrogens is 330 g/mol. The van der Waals surface area contributed by atoms with E-state index in [1.165, 1.54) is 12.0 Å². The van der Waals surface area contributed by atoms with E-state index < -0.39 is 0 Å². The van der Waals surface area contributed by atoms with Crippen LogP contribution in [0.3, 0.4) is 0 Å². The van der Waals surface area contributed by atoms with Crippen molar-refractivity contribution in [1.29, 1.82) is 0 Å². The van der Waals surface area contributed by atoms with Gasteiger partial charge in [0.2, 0.25) is 0 Å². The number of ketones is 1. The quantitative estimate of drug-likeness (QED) is 0.767. The molecule has 0 N–H and O–H groups in total. The van der Waals surface area contributed by atoms with Gasteiger partial charge < -0.3 is 9.32 Å². The molecule has 112 valence electrons. The molecule has 1 aromatic heterocycles. The summed E-state index contributed by atoms with van der Waals surface area (Å²) < 4.78 is 5.13. The van der Waals surface area contributed by atoms with Crippen molar-refractivity contribution in [2.75, 3.05) is 19.6 Å². The second-order valence-electron chi connectivity index (χ2n) is 5.35. The Morgan fingerprint density at radius 1 is 1.19 bits per heavy atom. The molecule has 2 heterocycles. The Hall–Kier alpha value is -1.39. The maximum Gasteiger partial charge on any atom is 0.199 e. The van der Waals surface area contributed by atoms with Crippen LogP contribution < -0.4 is 0 Å². The van der Waals surface area contributed by atoms with Gasteiger partial charge in [-0.2, -0.15) is 0 Å². The van der Waals surface area contributed by atoms with E-state index in [1.54, 1.807) is 18.4 Å². The first kappa shape index (κ1) is 16.0. The van der Waals surface area contributed by atoms with Gasteiger partial charge in [0.25, 0.3) is 0 Å². The van der Waals surface area contributed by atoms with E-state index in [0.717, 1.165) is 19.6 Å². The summed E-state index contributed by atoms with van der Waals surface area (Å²) in [6.45, 7) is 2.95. The van der Waals surface area contributed by atoms with Gasteiger partial charge in [-0.05, 0) is 36.6 Å². The lowest BCUT2D eigenvalue weighted by Gasteiger charge is -2.15. The van der Waals surface area contributed by atoms with Crippen molar-refractivity contribution >= 4 is 22.8 Å². The zero-order valence-electron chi connectivity index (χ0n) is 11.9. The zero-order chi connectivity index (χ0) is 13.8. The van der Waals surface area contributed by atoms with E-state index in [-0.39, 0.29) is 22.8 Å². The number of benzene rings is 1. The van der Waals surface area contributed by atoms with E-state index in [0.29, 0.717) is 18.1 Å². The first-order chi connectivity index (χ1) is 9.83. The first-order valence-corrected chi connectivity index (χ1v) is 7.17. The summed E-state index contributed by atoms with van der Waals surface area (Å²) in [7, 11) is 0. The summed E-state index contributed by atoms with van der Waals surface area (Å²) in [5.74, 6) is 1.18. The molecule has 1 fully saturated rings. The number of furan rings is 1. The van der Waals surface area contributed by atoms with Crippen molar-refractivity contribution in [3.63, 3.8) is 0 Å². The van der Waals surface area contributed by atoms with Crippen LogP contribution in [-0.4, -0.2) is 30.3 Å². The zero-order valence-corrected chi connectivity index (χ0v) is 13.6. The molecule has 0 amide bonds. The summed E-state index contributed by atoms with van der Waals surface area (Å²) in [6.07, 6.45) is 3.27. The molecule has 2 aromatic rings. The fraction of sp³-hybridized carbons (Fsp3) is 0.353. The van der Waals surface area contributed by atoms with Crippen LogP contribution in [0.4, 0.5) is 0 Å². The molecule has 1 unspecified atom stereocenters. The highest BCUT2D eigenvalue weighted by Crippen LogP contribution is 2.26. The summed E-state index contributed by atoms with van der Waals surface area (Å²) in [4.78, 5) is 14.3. The van der Waals surface area contributed by atoms with Crippen molar-refractivity contribution in [1.82, 2.24) is 4.90 Å². The van der Waals surface area contributed by atoms with E-state index in [1.807, 2.05) is 0 Å². The highest BCUT2D eigenvalue weighted by molar-refractivity contribution is 8.93. The van der Waals surface area contributed by atoms with Crippen molar-refractivity contribution in [3.05, 3.63) is 60.1 Å². The fourth-order valence-electron chi connectivity index (χ4n) is 2.85. The second-order valence-corrected chi connectivity index (χ2v) is 5.35. The normalized spacial score (nSPS) is 18.4. The Labute approximate surface area is 135 Å². The van der Waals surface area contributed by atoms with Crippen LogP contribution in [0.1, 0.15) is 34.9 Å². The van der Waals surface area contributed by atoms with Crippen LogP contribution in [0.2, 0.25) is 0 Å². The molecule has 0 aliphatic carbocycles. The monoisotopic (exact) mass is 349 g/mol. The average molecular weight is 350 g/mol. The minimum atomic E-state index is 0. The summed E-state index contributed by atoms with van der Waals surface area (Å²) >= 11 is 0. The van der Waals surface area contributed by atoms with Gasteiger partial charge in [0.05, 0.1) is 6.26 Å². The first-order valence-electron chi connectivity index (χ1n) is 7.17. The molecule has 0 bridgehead atoms. The third kappa shape index (κ3) is 4.05. The largest absolute Gasteiger partial charge is 0.461 e. The van der Waals surface area contributed by atoms with Gasteiger partial charge in [-0.3, -0.25) is 4.79 Å². The lowest BCUT2D eigenvalue weighted by molar-refractivity contribution is 0.0941. The topological polar surface area (TPSA) is 33.5 Å². The number of carbonyl (C=O) groups excluding carboxylic acids is 1. The number of halogens is 1. The summed E-state index contributed by atoms with van der Waals surface area (Å²) in [5, 5.41) is 0. The predicted molar refractivity (Wildman–Crippen MR) is 88.2 cm³/mol. The molecule has 1 aromatic carbocycles. The Balaban J connectivity index is 0.00000161. The highest BCUT2D eigenvalue weighted by atomic mass is 79.9. The van der Waals surface area contributed by atoms with Crippen LogP contribution in [0, 0.1) is 0 Å². The lowest BCUT2D eigenvalue weighted by atomic mass is 9.99. The molecule has 21 heavy (non-hydrogen) atoms. The average Bonchev–Trinajstić information content (AvgIpc) is 3.17. The molecular formula is C17H20BrNO2. The molecule has 1 aliphatic heterocycles. The molecule has 0 radical (unpaired) electrons. The van der Waals surface area contributed by atoms with E-state index >= 15 is 0 Å². The third-order valence-electron chi connectivity index (χ3n) is 3.99. The van der Waals surface area contributed by atoms with Crippen LogP contribution in [0.5, 0.6) is 0 Å². The van der Waals surface area contributed by atoms with Crippen molar-refractivity contribution in [3.8, 4) is 0 Å². The Morgan fingerprint density at radius 3 is 2.71 bits per heavy atom. The molecule has 4 heteroatoms. The molecule has 0 spiro atoms. The second kappa shape index (κ2) is 7.57. The van der Waals surface area contributed by atoms with Gasteiger partial charge in [0, 0.05) is 19.5 Å². The molecule has 0 saturated carbocycles. The maximum atomic E-state index is 11.9. The van der Waals surface area contributed by atoms with E-state index in [2.05, 4.69) is 35.2 Å². The standard InChI is InChI=1S/C17H19NO2.BrH/c19-16(17-7-4-12-20-17)9-11-18-10-8-15(13-18)14-5-2-1-3-6-14;/h1-7,12,15H,8-11,13H2;1H. The fourth-order valence-corrected chi connectivity index (χ4v) is 2.85. The van der Waals surface area contributed by atoms with Crippen LogP contribution in [-0.2, 0) is 0 Å². The Morgan fingerprint density at radius 2 is 2.00 bits per heavy atom. The van der Waals surface area contributed by atoms with E-state index in [4.69, 9.17) is 4.42 Å². The number of nitrogens with zero attached hydrogens (tertiary/aromatic N) is 1. The van der Waals surface area contributed by atoms with Crippen LogP contribution >= 0.6 is 17.0 Å². The highest BCUT2D eigenvalue weighted by Gasteiger charge is 2.24. The number of rotatable bonds is 5. The van der Waals surface area contributed by atoms with Gasteiger partial charge in [-0.1, -0.05) is 30.3 Å². The van der Waals surface area contributed by atoms with Gasteiger partial charge in [0.1, 0.15) is 0 Å². The maximum absolute atomic E-state index is 11.9. The van der Waals surface area contributed by atoms with Crippen molar-refractivity contribution in [2.24, 2.45) is 0 Å². The van der Waals surface area contributed by atoms with Gasteiger partial charge in [0.15, 0.2) is 11.5 Å². The van der Waals surface area contributed by atoms with E-state index in [9.17, 15) is 4.79 Å². The summed E-state index contributed by atoms with van der Waals surface area (Å²) in [5.41, 5.74) is 1.41. The minimum absolute atomic E-state index is 0. The smallest absolute Gasteiger partial charge is 0.199 e. The number of hydrogen-bond donors (Lipinski definition) is 0. The molecule has 1 atom stereocenters. The number of hydrogen-bond acceptors (Lipinski definition) is 3. The molecule has 3 nitrogen and oxygen atoms in total. The SMILES string of the molecule is Br.O=C(CCN1CCC(c2ccccc2)C1)c1ccco1.